The molecule has 0 unspecified atom stereocenters. The fourth-order valence-corrected chi connectivity index (χ4v) is 1.77. The Labute approximate surface area is 75.3 Å². The molecule has 0 saturated carbocycles. The lowest BCUT2D eigenvalue weighted by Crippen LogP contribution is -2.47. The molecule has 0 bridgehead atoms. The summed E-state index contributed by atoms with van der Waals surface area (Å²) < 4.78 is 25.6. The van der Waals surface area contributed by atoms with Gasteiger partial charge in [0.1, 0.15) is 0 Å². The molecule has 74 valence electrons. The maximum atomic E-state index is 11.5. The van der Waals surface area contributed by atoms with Crippen molar-refractivity contribution in [3.05, 3.63) is 0 Å². The fraction of sp³-hybridized carbons (Fsp3) is 1.00. The molecule has 0 atom stereocenters. The topological polar surface area (TPSA) is 40.6 Å². The quantitative estimate of drug-likeness (QED) is 0.643. The van der Waals surface area contributed by atoms with Crippen molar-refractivity contribution < 1.29 is 8.42 Å². The molecule has 0 aromatic rings. The highest BCUT2D eigenvalue weighted by Crippen LogP contribution is 2.16. The van der Waals surface area contributed by atoms with Gasteiger partial charge in [-0.2, -0.15) is 17.0 Å². The summed E-state index contributed by atoms with van der Waals surface area (Å²) in [6.45, 7) is 5.57. The fourth-order valence-electron chi connectivity index (χ4n) is 0.591. The molecule has 0 N–H and O–H groups in total. The maximum Gasteiger partial charge on any atom is 0.281 e. The summed E-state index contributed by atoms with van der Waals surface area (Å²) in [5, 5.41) is 0. The van der Waals surface area contributed by atoms with Crippen LogP contribution in [0, 0.1) is 0 Å². The summed E-state index contributed by atoms with van der Waals surface area (Å²) in [4.78, 5) is 0. The van der Waals surface area contributed by atoms with Crippen molar-refractivity contribution in [2.45, 2.75) is 26.3 Å². The van der Waals surface area contributed by atoms with E-state index in [9.17, 15) is 8.42 Å². The normalized spacial score (nSPS) is 14.3. The average molecular weight is 194 g/mol. The van der Waals surface area contributed by atoms with Crippen LogP contribution >= 0.6 is 0 Å². The van der Waals surface area contributed by atoms with Crippen molar-refractivity contribution in [1.29, 1.82) is 0 Å². The molecule has 0 saturated heterocycles. The van der Waals surface area contributed by atoms with Crippen LogP contribution in [-0.4, -0.2) is 43.7 Å². The molecule has 12 heavy (non-hydrogen) atoms. The predicted molar refractivity (Wildman–Crippen MR) is 50.1 cm³/mol. The molecular weight excluding hydrogens is 176 g/mol. The highest BCUT2D eigenvalue weighted by molar-refractivity contribution is 7.86. The van der Waals surface area contributed by atoms with Gasteiger partial charge in [-0.25, -0.2) is 0 Å². The molecule has 0 heterocycles. The Bertz CT molecular complexity index is 239. The Kier molecular flexibility index (Phi) is 3.28. The van der Waals surface area contributed by atoms with Gasteiger partial charge in [-0.05, 0) is 20.8 Å². The summed E-state index contributed by atoms with van der Waals surface area (Å²) in [6, 6.07) is 0. The third kappa shape index (κ3) is 2.43. The SMILES string of the molecule is CN(C)S(=O)(=O)N(C)C(C)(C)C. The molecule has 0 rings (SSSR count). The van der Waals surface area contributed by atoms with Crippen LogP contribution in [-0.2, 0) is 10.2 Å². The first-order valence-electron chi connectivity index (χ1n) is 3.76. The van der Waals surface area contributed by atoms with Crippen molar-refractivity contribution in [2.75, 3.05) is 21.1 Å². The zero-order valence-corrected chi connectivity index (χ0v) is 9.44. The lowest BCUT2D eigenvalue weighted by atomic mass is 10.1. The van der Waals surface area contributed by atoms with Gasteiger partial charge in [0.05, 0.1) is 0 Å². The molecule has 4 nitrogen and oxygen atoms in total. The van der Waals surface area contributed by atoms with Gasteiger partial charge in [-0.15, -0.1) is 0 Å². The molecule has 5 heteroatoms. The van der Waals surface area contributed by atoms with Crippen LogP contribution in [0.4, 0.5) is 0 Å². The second-order valence-electron chi connectivity index (χ2n) is 3.93. The van der Waals surface area contributed by atoms with E-state index in [0.717, 1.165) is 0 Å². The first kappa shape index (κ1) is 11.9. The Morgan fingerprint density at radius 1 is 1.00 bits per heavy atom. The molecule has 0 spiro atoms. The highest BCUT2D eigenvalue weighted by Gasteiger charge is 2.30. The van der Waals surface area contributed by atoms with Crippen LogP contribution in [0.5, 0.6) is 0 Å². The van der Waals surface area contributed by atoms with Crippen LogP contribution in [0.3, 0.4) is 0 Å². The maximum absolute atomic E-state index is 11.5. The highest BCUT2D eigenvalue weighted by atomic mass is 32.2. The van der Waals surface area contributed by atoms with E-state index in [-0.39, 0.29) is 5.54 Å². The van der Waals surface area contributed by atoms with Gasteiger partial charge in [-0.1, -0.05) is 0 Å². The van der Waals surface area contributed by atoms with Gasteiger partial charge in [0, 0.05) is 26.7 Å². The smallest absolute Gasteiger partial charge is 0.195 e. The molecule has 0 amide bonds. The molecule has 0 aromatic heterocycles. The number of rotatable bonds is 2. The van der Waals surface area contributed by atoms with E-state index in [2.05, 4.69) is 0 Å². The van der Waals surface area contributed by atoms with E-state index in [0.29, 0.717) is 0 Å². The number of hydrogen-bond acceptors (Lipinski definition) is 2. The summed E-state index contributed by atoms with van der Waals surface area (Å²) >= 11 is 0. The van der Waals surface area contributed by atoms with Crippen LogP contribution in [0.25, 0.3) is 0 Å². The first-order chi connectivity index (χ1) is 5.10. The van der Waals surface area contributed by atoms with E-state index in [4.69, 9.17) is 0 Å². The molecule has 0 aromatic carbocycles. The van der Waals surface area contributed by atoms with Crippen molar-refractivity contribution in [3.63, 3.8) is 0 Å². The van der Waals surface area contributed by atoms with Gasteiger partial charge in [0.2, 0.25) is 0 Å². The van der Waals surface area contributed by atoms with Gasteiger partial charge in [0.15, 0.2) is 0 Å². The predicted octanol–water partition coefficient (Wildman–Crippen LogP) is 0.523. The second-order valence-corrected chi connectivity index (χ2v) is 6.10. The molecule has 0 fully saturated rings. The summed E-state index contributed by atoms with van der Waals surface area (Å²) in [5.74, 6) is 0. The Morgan fingerprint density at radius 2 is 1.33 bits per heavy atom. The Morgan fingerprint density at radius 3 is 1.42 bits per heavy atom. The van der Waals surface area contributed by atoms with Crippen LogP contribution in [0.1, 0.15) is 20.8 Å². The minimum atomic E-state index is -3.27. The van der Waals surface area contributed by atoms with Crippen LogP contribution in [0.2, 0.25) is 0 Å². The van der Waals surface area contributed by atoms with Crippen LogP contribution in [0.15, 0.2) is 0 Å². The first-order valence-corrected chi connectivity index (χ1v) is 5.16. The van der Waals surface area contributed by atoms with Crippen molar-refractivity contribution in [3.8, 4) is 0 Å². The number of nitrogens with zero attached hydrogens (tertiary/aromatic N) is 2. The van der Waals surface area contributed by atoms with Crippen molar-refractivity contribution >= 4 is 10.2 Å². The second kappa shape index (κ2) is 3.32. The monoisotopic (exact) mass is 194 g/mol. The summed E-state index contributed by atoms with van der Waals surface area (Å²) in [7, 11) is 1.36. The third-order valence-electron chi connectivity index (χ3n) is 1.75. The largest absolute Gasteiger partial charge is 0.281 e. The van der Waals surface area contributed by atoms with E-state index < -0.39 is 10.2 Å². The van der Waals surface area contributed by atoms with E-state index in [1.165, 1.54) is 22.7 Å². The van der Waals surface area contributed by atoms with E-state index >= 15 is 0 Å². The summed E-state index contributed by atoms with van der Waals surface area (Å²) in [5.41, 5.74) is -0.372. The van der Waals surface area contributed by atoms with Gasteiger partial charge >= 0.3 is 0 Å². The zero-order valence-electron chi connectivity index (χ0n) is 8.62. The molecule has 0 aliphatic rings. The van der Waals surface area contributed by atoms with E-state index in [1.54, 1.807) is 7.05 Å². The van der Waals surface area contributed by atoms with Gasteiger partial charge in [-0.3, -0.25) is 0 Å². The lowest BCUT2D eigenvalue weighted by molar-refractivity contribution is 0.275. The van der Waals surface area contributed by atoms with E-state index in [1.807, 2.05) is 20.8 Å². The molecule has 0 aliphatic heterocycles. The summed E-state index contributed by atoms with van der Waals surface area (Å²) in [6.07, 6.45) is 0. The zero-order chi connectivity index (χ0) is 10.2. The number of hydrogen-bond donors (Lipinski definition) is 0. The minimum Gasteiger partial charge on any atom is -0.195 e. The lowest BCUT2D eigenvalue weighted by Gasteiger charge is -2.32. The molecule has 0 aliphatic carbocycles. The van der Waals surface area contributed by atoms with Gasteiger partial charge in [0.25, 0.3) is 10.2 Å². The Hall–Kier alpha value is -0.130. The molecular formula is C7H18N2O2S. The van der Waals surface area contributed by atoms with Crippen molar-refractivity contribution in [2.24, 2.45) is 0 Å². The van der Waals surface area contributed by atoms with Crippen LogP contribution < -0.4 is 0 Å². The average Bonchev–Trinajstić information content (AvgIpc) is 1.83. The molecule has 0 radical (unpaired) electrons. The van der Waals surface area contributed by atoms with Gasteiger partial charge < -0.3 is 0 Å². The minimum absolute atomic E-state index is 0.372. The van der Waals surface area contributed by atoms with Crippen molar-refractivity contribution in [1.82, 2.24) is 8.61 Å². The third-order valence-corrected chi connectivity index (χ3v) is 3.91. The Balaban J connectivity index is 4.84. The standard InChI is InChI=1S/C7H18N2O2S/c1-7(2,3)9(6)12(10,11)8(4)5/h1-6H3.